The fourth-order valence-corrected chi connectivity index (χ4v) is 2.39. The Morgan fingerprint density at radius 2 is 1.88 bits per heavy atom. The maximum absolute atomic E-state index is 10.7. The third-order valence-corrected chi connectivity index (χ3v) is 3.55. The van der Waals surface area contributed by atoms with Crippen LogP contribution in [-0.2, 0) is 4.74 Å². The van der Waals surface area contributed by atoms with E-state index in [4.69, 9.17) is 14.9 Å². The topological polar surface area (TPSA) is 70.0 Å². The molecule has 5 nitrogen and oxygen atoms in total. The predicted molar refractivity (Wildman–Crippen MR) is 57.3 cm³/mol. The Balaban J connectivity index is 1.64. The van der Waals surface area contributed by atoms with E-state index >= 15 is 0 Å². The molecule has 2 fully saturated rings. The van der Waals surface area contributed by atoms with Crippen LogP contribution in [0.3, 0.4) is 0 Å². The number of piperidine rings is 1. The summed E-state index contributed by atoms with van der Waals surface area (Å²) in [5.41, 5.74) is 0. The van der Waals surface area contributed by atoms with Crippen LogP contribution < -0.4 is 0 Å². The number of hydrogen-bond donors (Lipinski definition) is 2. The minimum absolute atomic E-state index is 0.209. The molecule has 0 unspecified atom stereocenters. The van der Waals surface area contributed by atoms with Gasteiger partial charge in [0.1, 0.15) is 0 Å². The summed E-state index contributed by atoms with van der Waals surface area (Å²) >= 11 is 0. The highest BCUT2D eigenvalue weighted by Crippen LogP contribution is 2.31. The smallest absolute Gasteiger partial charge is 0.407 e. The molecule has 16 heavy (non-hydrogen) atoms. The van der Waals surface area contributed by atoms with Gasteiger partial charge in [-0.3, -0.25) is 0 Å². The van der Waals surface area contributed by atoms with Gasteiger partial charge in [0.25, 0.3) is 0 Å². The fraction of sp³-hybridized carbons (Fsp3) is 0.909. The third kappa shape index (κ3) is 2.65. The zero-order valence-electron chi connectivity index (χ0n) is 9.34. The largest absolute Gasteiger partial charge is 0.465 e. The van der Waals surface area contributed by atoms with Gasteiger partial charge in [0.05, 0.1) is 12.2 Å². The number of rotatable bonds is 3. The van der Waals surface area contributed by atoms with E-state index in [1.165, 1.54) is 4.90 Å². The molecule has 92 valence electrons. The summed E-state index contributed by atoms with van der Waals surface area (Å²) in [5.74, 6) is 0.420. The second-order valence-corrected chi connectivity index (χ2v) is 4.75. The first-order chi connectivity index (χ1) is 7.69. The van der Waals surface area contributed by atoms with Crippen molar-refractivity contribution in [2.75, 3.05) is 19.7 Å². The molecule has 0 aromatic heterocycles. The lowest BCUT2D eigenvalue weighted by Gasteiger charge is -2.39. The standard InChI is InChI=1S/C11H19NO4/c13-7-8-5-10(6-8)16-9-1-3-12(4-2-9)11(14)15/h8-10,13H,1-7H2,(H,14,15). The monoisotopic (exact) mass is 229 g/mol. The van der Waals surface area contributed by atoms with Crippen molar-refractivity contribution in [1.29, 1.82) is 0 Å². The van der Waals surface area contributed by atoms with Gasteiger partial charge in [-0.2, -0.15) is 0 Å². The molecule has 2 aliphatic rings. The lowest BCUT2D eigenvalue weighted by Crippen LogP contribution is -2.43. The second-order valence-electron chi connectivity index (χ2n) is 4.75. The lowest BCUT2D eigenvalue weighted by atomic mass is 9.83. The van der Waals surface area contributed by atoms with Gasteiger partial charge < -0.3 is 19.8 Å². The van der Waals surface area contributed by atoms with Crippen LogP contribution >= 0.6 is 0 Å². The Bertz CT molecular complexity index is 244. The van der Waals surface area contributed by atoms with Crippen LogP contribution in [0.4, 0.5) is 4.79 Å². The highest BCUT2D eigenvalue weighted by Gasteiger charge is 2.32. The Hall–Kier alpha value is -0.810. The molecule has 0 aromatic rings. The normalized spacial score (nSPS) is 31.2. The molecule has 0 radical (unpaired) electrons. The number of amides is 1. The van der Waals surface area contributed by atoms with E-state index in [-0.39, 0.29) is 12.7 Å². The summed E-state index contributed by atoms with van der Waals surface area (Å²) in [7, 11) is 0. The molecular weight excluding hydrogens is 210 g/mol. The van der Waals surface area contributed by atoms with Crippen LogP contribution in [0.5, 0.6) is 0 Å². The average molecular weight is 229 g/mol. The molecule has 0 aromatic carbocycles. The van der Waals surface area contributed by atoms with Gasteiger partial charge >= 0.3 is 6.09 Å². The van der Waals surface area contributed by atoms with Crippen molar-refractivity contribution in [2.24, 2.45) is 5.92 Å². The zero-order valence-corrected chi connectivity index (χ0v) is 9.34. The summed E-state index contributed by atoms with van der Waals surface area (Å²) in [5, 5.41) is 17.7. The first-order valence-electron chi connectivity index (χ1n) is 5.93. The number of aliphatic hydroxyl groups excluding tert-OH is 1. The Kier molecular flexibility index (Phi) is 3.66. The first-order valence-corrected chi connectivity index (χ1v) is 5.93. The van der Waals surface area contributed by atoms with Gasteiger partial charge in [0.2, 0.25) is 0 Å². The zero-order chi connectivity index (χ0) is 11.5. The van der Waals surface area contributed by atoms with Crippen LogP contribution in [0.15, 0.2) is 0 Å². The molecule has 5 heteroatoms. The number of likely N-dealkylation sites (tertiary alicyclic amines) is 1. The Morgan fingerprint density at radius 1 is 1.25 bits per heavy atom. The molecule has 0 spiro atoms. The van der Waals surface area contributed by atoms with Crippen molar-refractivity contribution in [3.05, 3.63) is 0 Å². The van der Waals surface area contributed by atoms with Crippen LogP contribution in [-0.4, -0.2) is 53.1 Å². The summed E-state index contributed by atoms with van der Waals surface area (Å²) in [6.45, 7) is 1.42. The number of carboxylic acid groups (broad SMARTS) is 1. The van der Waals surface area contributed by atoms with E-state index in [9.17, 15) is 4.79 Å². The molecule has 2 N–H and O–H groups in total. The van der Waals surface area contributed by atoms with Crippen molar-refractivity contribution in [3.8, 4) is 0 Å². The first kappa shape index (κ1) is 11.7. The lowest BCUT2D eigenvalue weighted by molar-refractivity contribution is -0.0990. The van der Waals surface area contributed by atoms with Crippen LogP contribution in [0.1, 0.15) is 25.7 Å². The van der Waals surface area contributed by atoms with E-state index < -0.39 is 6.09 Å². The van der Waals surface area contributed by atoms with Crippen LogP contribution in [0.2, 0.25) is 0 Å². The maximum atomic E-state index is 10.7. The SMILES string of the molecule is O=C(O)N1CCC(OC2CC(CO)C2)CC1. The highest BCUT2D eigenvalue weighted by molar-refractivity contribution is 5.64. The molecule has 2 rings (SSSR count). The van der Waals surface area contributed by atoms with E-state index in [0.717, 1.165) is 25.7 Å². The van der Waals surface area contributed by atoms with Gasteiger partial charge in [-0.25, -0.2) is 4.79 Å². The molecule has 0 atom stereocenters. The Labute approximate surface area is 95.0 Å². The van der Waals surface area contributed by atoms with E-state index in [0.29, 0.717) is 25.1 Å². The summed E-state index contributed by atoms with van der Waals surface area (Å²) in [4.78, 5) is 12.1. The molecule has 1 saturated heterocycles. The number of ether oxygens (including phenoxy) is 1. The fourth-order valence-electron chi connectivity index (χ4n) is 2.39. The molecule has 1 saturated carbocycles. The number of aliphatic hydroxyl groups is 1. The van der Waals surface area contributed by atoms with Crippen LogP contribution in [0, 0.1) is 5.92 Å². The van der Waals surface area contributed by atoms with E-state index in [1.807, 2.05) is 0 Å². The number of hydrogen-bond acceptors (Lipinski definition) is 3. The summed E-state index contributed by atoms with van der Waals surface area (Å²) < 4.78 is 5.86. The Morgan fingerprint density at radius 3 is 2.38 bits per heavy atom. The average Bonchev–Trinajstić information content (AvgIpc) is 2.23. The minimum Gasteiger partial charge on any atom is -0.465 e. The van der Waals surface area contributed by atoms with Crippen molar-refractivity contribution < 1.29 is 19.7 Å². The number of nitrogens with zero attached hydrogens (tertiary/aromatic N) is 1. The molecule has 1 heterocycles. The molecule has 1 amide bonds. The predicted octanol–water partition coefficient (Wildman–Crippen LogP) is 0.916. The molecule has 1 aliphatic heterocycles. The van der Waals surface area contributed by atoms with Crippen molar-refractivity contribution >= 4 is 6.09 Å². The van der Waals surface area contributed by atoms with Gasteiger partial charge in [0.15, 0.2) is 0 Å². The van der Waals surface area contributed by atoms with Crippen molar-refractivity contribution in [3.63, 3.8) is 0 Å². The minimum atomic E-state index is -0.831. The molecular formula is C11H19NO4. The second kappa shape index (κ2) is 5.01. The van der Waals surface area contributed by atoms with Crippen molar-refractivity contribution in [1.82, 2.24) is 4.90 Å². The number of carbonyl (C=O) groups is 1. The van der Waals surface area contributed by atoms with Gasteiger partial charge in [0, 0.05) is 19.7 Å². The van der Waals surface area contributed by atoms with E-state index in [2.05, 4.69) is 0 Å². The summed E-state index contributed by atoms with van der Waals surface area (Å²) in [6.07, 6.45) is 3.17. The maximum Gasteiger partial charge on any atom is 0.407 e. The van der Waals surface area contributed by atoms with Gasteiger partial charge in [-0.15, -0.1) is 0 Å². The molecule has 1 aliphatic carbocycles. The van der Waals surface area contributed by atoms with E-state index in [1.54, 1.807) is 0 Å². The highest BCUT2D eigenvalue weighted by atomic mass is 16.5. The van der Waals surface area contributed by atoms with Crippen LogP contribution in [0.25, 0.3) is 0 Å². The molecule has 0 bridgehead atoms. The quantitative estimate of drug-likeness (QED) is 0.755. The summed E-state index contributed by atoms with van der Waals surface area (Å²) in [6, 6.07) is 0. The van der Waals surface area contributed by atoms with Crippen molar-refractivity contribution in [2.45, 2.75) is 37.9 Å². The van der Waals surface area contributed by atoms with Gasteiger partial charge in [-0.05, 0) is 31.6 Å². The van der Waals surface area contributed by atoms with Gasteiger partial charge in [-0.1, -0.05) is 0 Å². The third-order valence-electron chi connectivity index (χ3n) is 3.55.